The number of hydrogen-bond donors (Lipinski definition) is 3. The zero-order chi connectivity index (χ0) is 32.6. The predicted molar refractivity (Wildman–Crippen MR) is 181 cm³/mol. The van der Waals surface area contributed by atoms with E-state index in [1.54, 1.807) is 12.3 Å². The molecule has 3 N–H and O–H groups in total. The monoisotopic (exact) mass is 628 g/mol. The minimum Gasteiger partial charge on any atom is -0.490 e. The maximum absolute atomic E-state index is 11.2. The van der Waals surface area contributed by atoms with Crippen LogP contribution in [-0.2, 0) is 0 Å². The molecule has 2 aromatic heterocycles. The number of furan rings is 1. The molecule has 4 aliphatic rings. The van der Waals surface area contributed by atoms with Gasteiger partial charge in [-0.2, -0.15) is 0 Å². The van der Waals surface area contributed by atoms with Crippen molar-refractivity contribution < 1.29 is 28.9 Å². The van der Waals surface area contributed by atoms with Crippen LogP contribution in [0.15, 0.2) is 91.8 Å². The van der Waals surface area contributed by atoms with Crippen molar-refractivity contribution in [3.05, 3.63) is 88.6 Å². The van der Waals surface area contributed by atoms with Crippen molar-refractivity contribution in [2.45, 2.75) is 89.9 Å². The average Bonchev–Trinajstić information content (AvgIpc) is 3.68. The van der Waals surface area contributed by atoms with E-state index < -0.39 is 17.8 Å². The Morgan fingerprint density at radius 1 is 1.07 bits per heavy atom. The summed E-state index contributed by atoms with van der Waals surface area (Å²) in [6.07, 6.45) is 18.5. The van der Waals surface area contributed by atoms with Crippen molar-refractivity contribution in [2.24, 2.45) is 29.1 Å². The molecular weight excluding hydrogens is 580 g/mol. The topological polar surface area (TPSA) is 113 Å². The van der Waals surface area contributed by atoms with Gasteiger partial charge >= 0.3 is 5.63 Å². The Bertz CT molecular complexity index is 1720. The number of hydrogen-bond acceptors (Lipinski definition) is 7. The molecular formula is C39H48O7. The minimum atomic E-state index is -0.621. The third-order valence-corrected chi connectivity index (χ3v) is 11.1. The van der Waals surface area contributed by atoms with Crippen molar-refractivity contribution >= 4 is 21.9 Å². The van der Waals surface area contributed by atoms with Crippen LogP contribution < -0.4 is 10.4 Å². The van der Waals surface area contributed by atoms with Gasteiger partial charge in [0.05, 0.1) is 31.7 Å². The molecule has 0 bridgehead atoms. The SMILES string of the molecule is C=C1/C(=C\C=C2/CCC[C@]3(C)[C@@H]([C@H](C)/C=C/[C@@H](O)C4CC4)CC[C@@H]23)C[C@@H](O)C[C@@H]1O.COc1c2occc2cc2ccc(=O)oc12. The Labute approximate surface area is 270 Å². The van der Waals surface area contributed by atoms with E-state index in [9.17, 15) is 20.1 Å². The van der Waals surface area contributed by atoms with Gasteiger partial charge < -0.3 is 28.9 Å². The molecule has 4 saturated carbocycles. The van der Waals surface area contributed by atoms with Gasteiger partial charge in [-0.25, -0.2) is 4.79 Å². The first-order chi connectivity index (χ1) is 22.1. The van der Waals surface area contributed by atoms with Crippen LogP contribution in [0.2, 0.25) is 0 Å². The number of allylic oxidation sites excluding steroid dienone is 4. The standard InChI is InChI=1S/C27H40O3.C12H8O4/c1-17(6-13-25(29)20-8-9-20)23-11-12-24-19(5-4-14-27(23,24)3)7-10-21-15-22(28)16-26(30)18(21)2;1-14-12-10-8(4-5-15-10)6-7-2-3-9(13)16-11(7)12/h6-7,10,13,17,20,22-26,28-30H,2,4-5,8-9,11-12,14-16H2,1,3H3;2-6H,1H3/b13-6+,19-7+,21-10-;/t17-,22-,23-,24+,25-,26+,27-;/m1./s1. The van der Waals surface area contributed by atoms with Crippen LogP contribution in [0.5, 0.6) is 5.75 Å². The van der Waals surface area contributed by atoms with Crippen LogP contribution in [-0.4, -0.2) is 40.7 Å². The lowest BCUT2D eigenvalue weighted by molar-refractivity contribution is 0.0862. The van der Waals surface area contributed by atoms with Gasteiger partial charge in [-0.05, 0) is 110 Å². The van der Waals surface area contributed by atoms with E-state index in [1.807, 2.05) is 12.1 Å². The van der Waals surface area contributed by atoms with Crippen LogP contribution in [0, 0.1) is 29.1 Å². The fraction of sp³-hybridized carbons (Fsp3) is 0.513. The Balaban J connectivity index is 0.000000194. The third kappa shape index (κ3) is 6.55. The minimum absolute atomic E-state index is 0.250. The third-order valence-electron chi connectivity index (χ3n) is 11.1. The highest BCUT2D eigenvalue weighted by molar-refractivity contribution is 5.99. The van der Waals surface area contributed by atoms with E-state index >= 15 is 0 Å². The molecule has 0 radical (unpaired) electrons. The second-order valence-corrected chi connectivity index (χ2v) is 14.2. The summed E-state index contributed by atoms with van der Waals surface area (Å²) >= 11 is 0. The molecule has 4 fully saturated rings. The summed E-state index contributed by atoms with van der Waals surface area (Å²) in [5, 5.41) is 32.1. The molecule has 7 rings (SSSR count). The van der Waals surface area contributed by atoms with Crippen LogP contribution >= 0.6 is 0 Å². The summed E-state index contributed by atoms with van der Waals surface area (Å²) in [5.41, 5.74) is 4.22. The first kappa shape index (κ1) is 32.5. The highest BCUT2D eigenvalue weighted by atomic mass is 16.5. The largest absolute Gasteiger partial charge is 0.490 e. The van der Waals surface area contributed by atoms with Crippen molar-refractivity contribution in [3.8, 4) is 5.75 Å². The summed E-state index contributed by atoms with van der Waals surface area (Å²) in [6, 6.07) is 6.81. The first-order valence-corrected chi connectivity index (χ1v) is 16.9. The van der Waals surface area contributed by atoms with E-state index in [0.29, 0.717) is 58.8 Å². The zero-order valence-corrected chi connectivity index (χ0v) is 27.3. The maximum Gasteiger partial charge on any atom is 0.336 e. The normalized spacial score (nSPS) is 31.3. The van der Waals surface area contributed by atoms with Crippen molar-refractivity contribution in [1.29, 1.82) is 0 Å². The van der Waals surface area contributed by atoms with Gasteiger partial charge in [-0.15, -0.1) is 0 Å². The molecule has 7 heteroatoms. The summed E-state index contributed by atoms with van der Waals surface area (Å²) in [6.45, 7) is 8.88. The lowest BCUT2D eigenvalue weighted by Crippen LogP contribution is -2.35. The molecule has 4 aliphatic carbocycles. The molecule has 3 aromatic rings. The van der Waals surface area contributed by atoms with Gasteiger partial charge in [-0.1, -0.05) is 50.3 Å². The lowest BCUT2D eigenvalue weighted by atomic mass is 9.61. The summed E-state index contributed by atoms with van der Waals surface area (Å²) in [7, 11) is 1.52. The summed E-state index contributed by atoms with van der Waals surface area (Å²) in [4.78, 5) is 11.2. The van der Waals surface area contributed by atoms with Gasteiger partial charge in [-0.3, -0.25) is 0 Å². The Morgan fingerprint density at radius 2 is 1.85 bits per heavy atom. The zero-order valence-electron chi connectivity index (χ0n) is 27.3. The van der Waals surface area contributed by atoms with E-state index in [-0.39, 0.29) is 6.10 Å². The van der Waals surface area contributed by atoms with Gasteiger partial charge in [0, 0.05) is 23.3 Å². The number of methoxy groups -OCH3 is 1. The molecule has 0 aliphatic heterocycles. The number of benzene rings is 1. The molecule has 1 aromatic carbocycles. The van der Waals surface area contributed by atoms with Crippen LogP contribution in [0.3, 0.4) is 0 Å². The number of aliphatic hydroxyl groups is 3. The lowest BCUT2D eigenvalue weighted by Gasteiger charge is -2.44. The van der Waals surface area contributed by atoms with Crippen molar-refractivity contribution in [3.63, 3.8) is 0 Å². The van der Waals surface area contributed by atoms with Crippen LogP contribution in [0.4, 0.5) is 0 Å². The molecule has 2 heterocycles. The smallest absolute Gasteiger partial charge is 0.336 e. The Kier molecular flexibility index (Phi) is 9.47. The van der Waals surface area contributed by atoms with Gasteiger partial charge in [0.1, 0.15) is 0 Å². The van der Waals surface area contributed by atoms with E-state index in [1.165, 1.54) is 57.3 Å². The number of aliphatic hydroxyl groups excluding tert-OH is 3. The van der Waals surface area contributed by atoms with Crippen LogP contribution in [0.1, 0.15) is 71.6 Å². The van der Waals surface area contributed by atoms with Crippen molar-refractivity contribution in [1.82, 2.24) is 0 Å². The van der Waals surface area contributed by atoms with Gasteiger partial charge in [0.2, 0.25) is 5.75 Å². The first-order valence-electron chi connectivity index (χ1n) is 16.9. The second kappa shape index (κ2) is 13.4. The fourth-order valence-corrected chi connectivity index (χ4v) is 8.42. The van der Waals surface area contributed by atoms with Gasteiger partial charge in [0.25, 0.3) is 0 Å². The van der Waals surface area contributed by atoms with E-state index in [4.69, 9.17) is 13.6 Å². The molecule has 246 valence electrons. The Morgan fingerprint density at radius 3 is 2.61 bits per heavy atom. The summed E-state index contributed by atoms with van der Waals surface area (Å²) < 4.78 is 15.6. The highest BCUT2D eigenvalue weighted by Crippen LogP contribution is 2.59. The summed E-state index contributed by atoms with van der Waals surface area (Å²) in [5.74, 6) is 2.73. The van der Waals surface area contributed by atoms with E-state index in [0.717, 1.165) is 28.3 Å². The van der Waals surface area contributed by atoms with Crippen molar-refractivity contribution in [2.75, 3.05) is 7.11 Å². The van der Waals surface area contributed by atoms with Crippen LogP contribution in [0.25, 0.3) is 21.9 Å². The molecule has 7 atom stereocenters. The molecule has 0 saturated heterocycles. The number of ether oxygens (including phenoxy) is 1. The second-order valence-electron chi connectivity index (χ2n) is 14.2. The molecule has 0 spiro atoms. The fourth-order valence-electron chi connectivity index (χ4n) is 8.42. The predicted octanol–water partition coefficient (Wildman–Crippen LogP) is 7.64. The Hall–Kier alpha value is -3.39. The molecule has 7 nitrogen and oxygen atoms in total. The maximum atomic E-state index is 11.2. The average molecular weight is 629 g/mol. The van der Waals surface area contributed by atoms with Gasteiger partial charge in [0.15, 0.2) is 11.2 Å². The number of rotatable bonds is 6. The highest BCUT2D eigenvalue weighted by Gasteiger charge is 2.50. The van der Waals surface area contributed by atoms with E-state index in [2.05, 4.69) is 44.7 Å². The molecule has 46 heavy (non-hydrogen) atoms. The molecule has 0 amide bonds. The number of fused-ring (bicyclic) bond motifs is 3. The molecule has 0 unspecified atom stereocenters. The quantitative estimate of drug-likeness (QED) is 0.190.